The van der Waals surface area contributed by atoms with Gasteiger partial charge in [-0.15, -0.1) is 0 Å². The summed E-state index contributed by atoms with van der Waals surface area (Å²) in [6.45, 7) is 0. The molecular weight excluding hydrogens is 268 g/mol. The Morgan fingerprint density at radius 2 is 2.10 bits per heavy atom. The number of methoxy groups -OCH3 is 1. The molecule has 21 heavy (non-hydrogen) atoms. The van der Waals surface area contributed by atoms with Gasteiger partial charge in [0.05, 0.1) is 19.1 Å². The van der Waals surface area contributed by atoms with Crippen molar-refractivity contribution >= 4 is 11.6 Å². The number of nitrogens with zero attached hydrogens (tertiary/aromatic N) is 1. The van der Waals surface area contributed by atoms with E-state index in [0.717, 1.165) is 0 Å². The number of aromatic hydroxyl groups is 1. The van der Waals surface area contributed by atoms with Gasteiger partial charge in [-0.1, -0.05) is 18.2 Å². The first-order valence-electron chi connectivity index (χ1n) is 6.29. The number of anilines is 1. The summed E-state index contributed by atoms with van der Waals surface area (Å²) < 4.78 is 5.15. The predicted octanol–water partition coefficient (Wildman–Crippen LogP) is 2.45. The summed E-state index contributed by atoms with van der Waals surface area (Å²) in [5.41, 5.74) is 1.37. The van der Waals surface area contributed by atoms with Gasteiger partial charge in [-0.25, -0.2) is 0 Å². The van der Waals surface area contributed by atoms with E-state index in [4.69, 9.17) is 10.00 Å². The summed E-state index contributed by atoms with van der Waals surface area (Å²) in [5.74, 6) is 0.246. The highest BCUT2D eigenvalue weighted by atomic mass is 16.5. The van der Waals surface area contributed by atoms with Crippen LogP contribution in [0.4, 0.5) is 5.69 Å². The molecule has 2 aromatic rings. The number of benzene rings is 2. The monoisotopic (exact) mass is 282 g/mol. The van der Waals surface area contributed by atoms with Crippen molar-refractivity contribution in [1.29, 1.82) is 5.26 Å². The third kappa shape index (κ3) is 3.51. The smallest absolute Gasteiger partial charge is 0.228 e. The molecule has 0 aliphatic heterocycles. The first kappa shape index (κ1) is 14.4. The topological polar surface area (TPSA) is 82.3 Å². The van der Waals surface area contributed by atoms with Crippen LogP contribution in [0.1, 0.15) is 11.1 Å². The highest BCUT2D eigenvalue weighted by molar-refractivity contribution is 5.95. The highest BCUT2D eigenvalue weighted by Crippen LogP contribution is 2.28. The number of para-hydroxylation sites is 1. The van der Waals surface area contributed by atoms with Gasteiger partial charge in [0.2, 0.25) is 5.91 Å². The molecule has 0 atom stereocenters. The lowest BCUT2D eigenvalue weighted by Crippen LogP contribution is -2.16. The Hall–Kier alpha value is -3.00. The quantitative estimate of drug-likeness (QED) is 0.902. The molecule has 106 valence electrons. The number of phenols is 1. The van der Waals surface area contributed by atoms with E-state index in [2.05, 4.69) is 5.32 Å². The summed E-state index contributed by atoms with van der Waals surface area (Å²) in [6.07, 6.45) is 0.0946. The summed E-state index contributed by atoms with van der Waals surface area (Å²) in [4.78, 5) is 12.1. The van der Waals surface area contributed by atoms with Crippen molar-refractivity contribution in [3.63, 3.8) is 0 Å². The van der Waals surface area contributed by atoms with Crippen LogP contribution in [-0.4, -0.2) is 18.1 Å². The third-order valence-corrected chi connectivity index (χ3v) is 2.91. The minimum atomic E-state index is -0.290. The minimum absolute atomic E-state index is 0.0946. The zero-order chi connectivity index (χ0) is 15.2. The molecule has 0 radical (unpaired) electrons. The molecule has 0 aliphatic carbocycles. The van der Waals surface area contributed by atoms with Gasteiger partial charge in [0, 0.05) is 0 Å². The van der Waals surface area contributed by atoms with Crippen LogP contribution in [0.25, 0.3) is 0 Å². The maximum Gasteiger partial charge on any atom is 0.228 e. The van der Waals surface area contributed by atoms with Crippen LogP contribution in [0.5, 0.6) is 11.5 Å². The molecular formula is C16H14N2O3. The van der Waals surface area contributed by atoms with Crippen molar-refractivity contribution in [3.05, 3.63) is 53.6 Å². The van der Waals surface area contributed by atoms with Crippen LogP contribution in [0, 0.1) is 11.3 Å². The van der Waals surface area contributed by atoms with Crippen LogP contribution in [0.15, 0.2) is 42.5 Å². The molecule has 0 saturated carbocycles. The van der Waals surface area contributed by atoms with Gasteiger partial charge in [0.25, 0.3) is 0 Å². The average Bonchev–Trinajstić information content (AvgIpc) is 2.47. The summed E-state index contributed by atoms with van der Waals surface area (Å²) >= 11 is 0. The lowest BCUT2D eigenvalue weighted by Gasteiger charge is -2.11. The Morgan fingerprint density at radius 3 is 2.76 bits per heavy atom. The first-order valence-corrected chi connectivity index (χ1v) is 6.29. The van der Waals surface area contributed by atoms with Gasteiger partial charge in [0.1, 0.15) is 23.3 Å². The molecule has 0 unspecified atom stereocenters. The fraction of sp³-hybridized carbons (Fsp3) is 0.125. The molecule has 0 saturated heterocycles. The van der Waals surface area contributed by atoms with Crippen LogP contribution < -0.4 is 10.1 Å². The number of nitriles is 1. The van der Waals surface area contributed by atoms with Crippen molar-refractivity contribution in [2.45, 2.75) is 6.42 Å². The number of hydrogen-bond acceptors (Lipinski definition) is 4. The molecule has 0 aromatic heterocycles. The van der Waals surface area contributed by atoms with Crippen LogP contribution in [-0.2, 0) is 11.2 Å². The lowest BCUT2D eigenvalue weighted by molar-refractivity contribution is -0.115. The fourth-order valence-corrected chi connectivity index (χ4v) is 1.96. The molecule has 0 spiro atoms. The Labute approximate surface area is 122 Å². The second-order valence-corrected chi connectivity index (χ2v) is 4.39. The van der Waals surface area contributed by atoms with E-state index in [1.807, 2.05) is 6.07 Å². The van der Waals surface area contributed by atoms with E-state index in [1.165, 1.54) is 19.2 Å². The van der Waals surface area contributed by atoms with Crippen LogP contribution in [0.2, 0.25) is 0 Å². The molecule has 5 heteroatoms. The van der Waals surface area contributed by atoms with Crippen LogP contribution in [0.3, 0.4) is 0 Å². The van der Waals surface area contributed by atoms with Gasteiger partial charge in [0.15, 0.2) is 0 Å². The maximum atomic E-state index is 12.1. The number of ether oxygens (including phenoxy) is 1. The second-order valence-electron chi connectivity index (χ2n) is 4.39. The molecule has 0 bridgehead atoms. The van der Waals surface area contributed by atoms with E-state index in [0.29, 0.717) is 22.6 Å². The van der Waals surface area contributed by atoms with E-state index >= 15 is 0 Å². The lowest BCUT2D eigenvalue weighted by atomic mass is 10.1. The Bertz CT molecular complexity index is 705. The molecule has 0 heterocycles. The molecule has 1 amide bonds. The van der Waals surface area contributed by atoms with Crippen LogP contribution >= 0.6 is 0 Å². The second kappa shape index (κ2) is 6.44. The number of carbonyl (C=O) groups excluding carboxylic acids is 1. The van der Waals surface area contributed by atoms with Gasteiger partial charge < -0.3 is 15.2 Å². The van der Waals surface area contributed by atoms with Crippen molar-refractivity contribution in [1.82, 2.24) is 0 Å². The minimum Gasteiger partial charge on any atom is -0.508 e. The summed E-state index contributed by atoms with van der Waals surface area (Å²) in [6, 6.07) is 13.4. The Balaban J connectivity index is 2.18. The molecule has 0 aliphatic rings. The van der Waals surface area contributed by atoms with Crippen molar-refractivity contribution < 1.29 is 14.6 Å². The molecule has 2 N–H and O–H groups in total. The number of carbonyl (C=O) groups is 1. The van der Waals surface area contributed by atoms with E-state index in [1.54, 1.807) is 30.3 Å². The Kier molecular flexibility index (Phi) is 4.42. The number of hydrogen-bond donors (Lipinski definition) is 2. The zero-order valence-electron chi connectivity index (χ0n) is 11.5. The molecule has 2 rings (SSSR count). The van der Waals surface area contributed by atoms with Gasteiger partial charge in [-0.05, 0) is 29.8 Å². The van der Waals surface area contributed by atoms with E-state index in [-0.39, 0.29) is 18.1 Å². The number of rotatable bonds is 4. The SMILES string of the molecule is COc1cccc(C#N)c1NC(=O)Cc1cccc(O)c1. The van der Waals surface area contributed by atoms with E-state index in [9.17, 15) is 9.90 Å². The highest BCUT2D eigenvalue weighted by Gasteiger charge is 2.12. The molecule has 0 fully saturated rings. The van der Waals surface area contributed by atoms with Gasteiger partial charge in [-0.2, -0.15) is 5.26 Å². The Morgan fingerprint density at radius 1 is 1.33 bits per heavy atom. The largest absolute Gasteiger partial charge is 0.508 e. The van der Waals surface area contributed by atoms with Gasteiger partial charge in [-0.3, -0.25) is 4.79 Å². The average molecular weight is 282 g/mol. The number of phenolic OH excluding ortho intramolecular Hbond substituents is 1. The number of nitrogens with one attached hydrogen (secondary N) is 1. The maximum absolute atomic E-state index is 12.1. The van der Waals surface area contributed by atoms with Crippen molar-refractivity contribution in [2.24, 2.45) is 0 Å². The molecule has 2 aromatic carbocycles. The van der Waals surface area contributed by atoms with Gasteiger partial charge >= 0.3 is 0 Å². The summed E-state index contributed by atoms with van der Waals surface area (Å²) in [7, 11) is 1.47. The van der Waals surface area contributed by atoms with Crippen molar-refractivity contribution in [2.75, 3.05) is 12.4 Å². The van der Waals surface area contributed by atoms with Crippen molar-refractivity contribution in [3.8, 4) is 17.6 Å². The predicted molar refractivity (Wildman–Crippen MR) is 78.1 cm³/mol. The zero-order valence-corrected chi connectivity index (χ0v) is 11.5. The van der Waals surface area contributed by atoms with E-state index < -0.39 is 0 Å². The first-order chi connectivity index (χ1) is 10.1. The fourth-order valence-electron chi connectivity index (χ4n) is 1.96. The normalized spacial score (nSPS) is 9.71. The third-order valence-electron chi connectivity index (χ3n) is 2.91. The number of amides is 1. The summed E-state index contributed by atoms with van der Waals surface area (Å²) in [5, 5.41) is 21.2. The molecule has 5 nitrogen and oxygen atoms in total. The standard InChI is InChI=1S/C16H14N2O3/c1-21-14-7-3-5-12(10-17)16(14)18-15(20)9-11-4-2-6-13(19)8-11/h2-8,19H,9H2,1H3,(H,18,20).